The molecular formula is C17H30N2S. The maximum absolute atomic E-state index is 6.22. The lowest BCUT2D eigenvalue weighted by atomic mass is 9.70. The molecule has 1 aliphatic carbocycles. The van der Waals surface area contributed by atoms with Crippen LogP contribution in [0.15, 0.2) is 17.5 Å². The number of hydrogen-bond acceptors (Lipinski definition) is 3. The highest BCUT2D eigenvalue weighted by Gasteiger charge is 2.41. The Morgan fingerprint density at radius 3 is 2.75 bits per heavy atom. The van der Waals surface area contributed by atoms with Crippen molar-refractivity contribution in [3.05, 3.63) is 22.4 Å². The van der Waals surface area contributed by atoms with Gasteiger partial charge in [0.25, 0.3) is 0 Å². The van der Waals surface area contributed by atoms with Gasteiger partial charge in [-0.05, 0) is 62.9 Å². The van der Waals surface area contributed by atoms with Crippen LogP contribution in [0.5, 0.6) is 0 Å². The number of hydrogen-bond donors (Lipinski definition) is 1. The van der Waals surface area contributed by atoms with Crippen LogP contribution in [0, 0.1) is 11.8 Å². The molecule has 1 saturated carbocycles. The van der Waals surface area contributed by atoms with E-state index in [1.807, 2.05) is 11.3 Å². The molecule has 114 valence electrons. The zero-order valence-electron chi connectivity index (χ0n) is 13.4. The summed E-state index contributed by atoms with van der Waals surface area (Å²) < 4.78 is 0. The van der Waals surface area contributed by atoms with Crippen molar-refractivity contribution < 1.29 is 0 Å². The van der Waals surface area contributed by atoms with Crippen molar-refractivity contribution in [1.29, 1.82) is 0 Å². The van der Waals surface area contributed by atoms with Crippen molar-refractivity contribution in [2.45, 2.75) is 58.0 Å². The van der Waals surface area contributed by atoms with E-state index in [-0.39, 0.29) is 5.54 Å². The summed E-state index contributed by atoms with van der Waals surface area (Å²) in [5, 5.41) is 2.17. The first-order valence-corrected chi connectivity index (χ1v) is 8.82. The molecule has 4 unspecified atom stereocenters. The molecule has 2 N–H and O–H groups in total. The number of nitrogens with zero attached hydrogens (tertiary/aromatic N) is 1. The number of likely N-dealkylation sites (N-methyl/N-ethyl adjacent to an activating group) is 1. The molecule has 4 atom stereocenters. The summed E-state index contributed by atoms with van der Waals surface area (Å²) in [5.41, 5.74) is 6.43. The van der Waals surface area contributed by atoms with Crippen LogP contribution >= 0.6 is 11.3 Å². The Bertz CT molecular complexity index is 403. The molecule has 0 amide bonds. The first-order chi connectivity index (χ1) is 9.48. The van der Waals surface area contributed by atoms with Crippen LogP contribution in [-0.4, -0.2) is 30.1 Å². The third-order valence-electron chi connectivity index (χ3n) is 5.60. The lowest BCUT2D eigenvalue weighted by molar-refractivity contribution is 0.0158. The third kappa shape index (κ3) is 3.26. The molecule has 0 radical (unpaired) electrons. The highest BCUT2D eigenvalue weighted by Crippen LogP contribution is 2.40. The lowest BCUT2D eigenvalue weighted by Crippen LogP contribution is -2.58. The molecule has 0 aromatic carbocycles. The Kier molecular flexibility index (Phi) is 5.27. The zero-order chi connectivity index (χ0) is 14.8. The van der Waals surface area contributed by atoms with Gasteiger partial charge in [-0.25, -0.2) is 0 Å². The molecule has 0 bridgehead atoms. The van der Waals surface area contributed by atoms with E-state index in [0.29, 0.717) is 6.04 Å². The van der Waals surface area contributed by atoms with E-state index in [9.17, 15) is 0 Å². The SMILES string of the molecule is CC1CCC(CN)(N(C)C(C)Cc2cccs2)CC1C. The molecular weight excluding hydrogens is 264 g/mol. The molecule has 1 fully saturated rings. The molecule has 2 nitrogen and oxygen atoms in total. The van der Waals surface area contributed by atoms with E-state index in [1.165, 1.54) is 24.1 Å². The van der Waals surface area contributed by atoms with Gasteiger partial charge in [-0.3, -0.25) is 4.90 Å². The van der Waals surface area contributed by atoms with Crippen LogP contribution < -0.4 is 5.73 Å². The van der Waals surface area contributed by atoms with E-state index in [2.05, 4.69) is 50.2 Å². The summed E-state index contributed by atoms with van der Waals surface area (Å²) in [6.45, 7) is 7.92. The maximum Gasteiger partial charge on any atom is 0.0334 e. The molecule has 0 spiro atoms. The van der Waals surface area contributed by atoms with Gasteiger partial charge in [0.2, 0.25) is 0 Å². The summed E-state index contributed by atoms with van der Waals surface area (Å²) in [5.74, 6) is 1.62. The minimum Gasteiger partial charge on any atom is -0.329 e. The fourth-order valence-corrected chi connectivity index (χ4v) is 4.48. The van der Waals surface area contributed by atoms with E-state index in [1.54, 1.807) is 0 Å². The second-order valence-corrected chi connectivity index (χ2v) is 7.90. The first kappa shape index (κ1) is 16.0. The van der Waals surface area contributed by atoms with E-state index < -0.39 is 0 Å². The topological polar surface area (TPSA) is 29.3 Å². The predicted octanol–water partition coefficient (Wildman–Crippen LogP) is 3.76. The Morgan fingerprint density at radius 2 is 2.20 bits per heavy atom. The van der Waals surface area contributed by atoms with Gasteiger partial charge < -0.3 is 5.73 Å². The summed E-state index contributed by atoms with van der Waals surface area (Å²) in [7, 11) is 2.29. The largest absolute Gasteiger partial charge is 0.329 e. The van der Waals surface area contributed by atoms with Crippen LogP contribution in [0.2, 0.25) is 0 Å². The first-order valence-electron chi connectivity index (χ1n) is 7.94. The minimum atomic E-state index is 0.211. The van der Waals surface area contributed by atoms with Gasteiger partial charge in [-0.1, -0.05) is 19.9 Å². The average Bonchev–Trinajstić information content (AvgIpc) is 2.94. The Balaban J connectivity index is 2.06. The molecule has 1 heterocycles. The summed E-state index contributed by atoms with van der Waals surface area (Å²) in [6.07, 6.45) is 4.95. The van der Waals surface area contributed by atoms with Crippen molar-refractivity contribution in [3.8, 4) is 0 Å². The molecule has 1 aromatic rings. The second kappa shape index (κ2) is 6.59. The van der Waals surface area contributed by atoms with Crippen molar-refractivity contribution in [3.63, 3.8) is 0 Å². The van der Waals surface area contributed by atoms with Crippen LogP contribution in [-0.2, 0) is 6.42 Å². The number of nitrogens with two attached hydrogens (primary N) is 1. The quantitative estimate of drug-likeness (QED) is 0.896. The highest BCUT2D eigenvalue weighted by atomic mass is 32.1. The molecule has 1 aromatic heterocycles. The standard InChI is InChI=1S/C17H30N2S/c1-13-7-8-17(12-18,11-14(13)2)19(4)15(3)10-16-6-5-9-20-16/h5-6,9,13-15H,7-8,10-12,18H2,1-4H3. The molecule has 1 aliphatic rings. The normalized spacial score (nSPS) is 32.5. The second-order valence-electron chi connectivity index (χ2n) is 6.87. The van der Waals surface area contributed by atoms with Crippen LogP contribution in [0.25, 0.3) is 0 Å². The Morgan fingerprint density at radius 1 is 1.45 bits per heavy atom. The molecule has 0 saturated heterocycles. The fourth-order valence-electron chi connectivity index (χ4n) is 3.66. The third-order valence-corrected chi connectivity index (χ3v) is 6.50. The molecule has 0 aliphatic heterocycles. The van der Waals surface area contributed by atoms with Gasteiger partial charge in [0.05, 0.1) is 0 Å². The smallest absolute Gasteiger partial charge is 0.0334 e. The van der Waals surface area contributed by atoms with Crippen LogP contribution in [0.3, 0.4) is 0 Å². The van der Waals surface area contributed by atoms with Gasteiger partial charge in [-0.15, -0.1) is 11.3 Å². The lowest BCUT2D eigenvalue weighted by Gasteiger charge is -2.50. The Hall–Kier alpha value is -0.380. The summed E-state index contributed by atoms with van der Waals surface area (Å²) in [6, 6.07) is 4.95. The summed E-state index contributed by atoms with van der Waals surface area (Å²) in [4.78, 5) is 4.06. The van der Waals surface area contributed by atoms with Gasteiger partial charge in [0.1, 0.15) is 0 Å². The van der Waals surface area contributed by atoms with Crippen molar-refractivity contribution in [1.82, 2.24) is 4.90 Å². The van der Waals surface area contributed by atoms with Gasteiger partial charge in [-0.2, -0.15) is 0 Å². The van der Waals surface area contributed by atoms with Crippen molar-refractivity contribution in [2.75, 3.05) is 13.6 Å². The minimum absolute atomic E-state index is 0.211. The van der Waals surface area contributed by atoms with Crippen LogP contribution in [0.1, 0.15) is 44.9 Å². The molecule has 20 heavy (non-hydrogen) atoms. The molecule has 3 heteroatoms. The Labute approximate surface area is 128 Å². The van der Waals surface area contributed by atoms with Gasteiger partial charge in [0.15, 0.2) is 0 Å². The fraction of sp³-hybridized carbons (Fsp3) is 0.765. The summed E-state index contributed by atoms with van der Waals surface area (Å²) >= 11 is 1.86. The average molecular weight is 295 g/mol. The predicted molar refractivity (Wildman–Crippen MR) is 89.2 cm³/mol. The van der Waals surface area contributed by atoms with Crippen molar-refractivity contribution >= 4 is 11.3 Å². The highest BCUT2D eigenvalue weighted by molar-refractivity contribution is 7.09. The monoisotopic (exact) mass is 294 g/mol. The van der Waals surface area contributed by atoms with E-state index in [4.69, 9.17) is 5.73 Å². The number of thiophene rings is 1. The van der Waals surface area contributed by atoms with E-state index in [0.717, 1.165) is 24.8 Å². The maximum atomic E-state index is 6.22. The van der Waals surface area contributed by atoms with Gasteiger partial charge in [0, 0.05) is 23.0 Å². The number of rotatable bonds is 5. The van der Waals surface area contributed by atoms with Crippen LogP contribution in [0.4, 0.5) is 0 Å². The van der Waals surface area contributed by atoms with Crippen molar-refractivity contribution in [2.24, 2.45) is 17.6 Å². The molecule has 2 rings (SSSR count). The van der Waals surface area contributed by atoms with Gasteiger partial charge >= 0.3 is 0 Å². The zero-order valence-corrected chi connectivity index (χ0v) is 14.2. The van der Waals surface area contributed by atoms with E-state index >= 15 is 0 Å².